The van der Waals surface area contributed by atoms with Gasteiger partial charge in [-0.1, -0.05) is 6.92 Å². The molecule has 1 saturated carbocycles. The molecule has 0 bridgehead atoms. The van der Waals surface area contributed by atoms with E-state index in [1.54, 1.807) is 16.3 Å². The standard InChI is InChI=1S/C24H27F2N5O2S/c1-12-3-5-14(6-4-12)30-9-16(21(29-30)23(25)26)27-24(32)15-11-34-18-7-8-19(28-20(15)18)31-17-10-33-13(2)22(17)31/h7-9,11-14,17,22-23H,3-6,10H2,1-2H3,(H,27,32)/t12-,13-,14-,17+,22?,31?/m1/s1. The molecule has 0 radical (unpaired) electrons. The Morgan fingerprint density at radius 3 is 2.74 bits per heavy atom. The van der Waals surface area contributed by atoms with E-state index in [0.717, 1.165) is 36.2 Å². The molecule has 0 aromatic carbocycles. The summed E-state index contributed by atoms with van der Waals surface area (Å²) in [7, 11) is 0. The number of aromatic nitrogens is 3. The highest BCUT2D eigenvalue weighted by Gasteiger charge is 2.56. The van der Waals surface area contributed by atoms with Crippen LogP contribution in [0, 0.1) is 5.92 Å². The first-order valence-corrected chi connectivity index (χ1v) is 12.8. The number of hydrogen-bond donors (Lipinski definition) is 1. The number of anilines is 2. The summed E-state index contributed by atoms with van der Waals surface area (Å²) in [6, 6.07) is 4.67. The third kappa shape index (κ3) is 3.67. The molecule has 2 aliphatic heterocycles. The third-order valence-corrected chi connectivity index (χ3v) is 8.42. The minimum Gasteiger partial charge on any atom is -0.374 e. The molecule has 2 saturated heterocycles. The SMILES string of the molecule is C[C@H]1OC[C@H]2C1N2c1ccc2scc(C(=O)Nc3cn([C@H]4CC[C@H](C)CC4)nc3C(F)F)c2n1. The Labute approximate surface area is 200 Å². The van der Waals surface area contributed by atoms with E-state index in [1.165, 1.54) is 11.3 Å². The van der Waals surface area contributed by atoms with Gasteiger partial charge in [-0.15, -0.1) is 11.3 Å². The van der Waals surface area contributed by atoms with E-state index in [4.69, 9.17) is 9.72 Å². The van der Waals surface area contributed by atoms with Crippen LogP contribution < -0.4 is 10.2 Å². The highest BCUT2D eigenvalue weighted by Crippen LogP contribution is 2.43. The molecule has 3 aromatic rings. The molecule has 3 fully saturated rings. The number of nitrogens with one attached hydrogen (secondary N) is 1. The number of morpholine rings is 1. The van der Waals surface area contributed by atoms with Crippen LogP contribution in [0.25, 0.3) is 10.2 Å². The van der Waals surface area contributed by atoms with Gasteiger partial charge in [0.25, 0.3) is 12.3 Å². The first-order valence-electron chi connectivity index (χ1n) is 11.9. The van der Waals surface area contributed by atoms with Gasteiger partial charge in [0.05, 0.1) is 52.3 Å². The average molecular weight is 488 g/mol. The Balaban J connectivity index is 1.25. The van der Waals surface area contributed by atoms with E-state index < -0.39 is 12.3 Å². The van der Waals surface area contributed by atoms with Crippen molar-refractivity contribution in [3.8, 4) is 0 Å². The molecule has 34 heavy (non-hydrogen) atoms. The number of hydrogen-bond acceptors (Lipinski definition) is 6. The van der Waals surface area contributed by atoms with Crippen molar-refractivity contribution in [2.45, 2.75) is 70.2 Å². The minimum absolute atomic E-state index is 0.0700. The van der Waals surface area contributed by atoms with Crippen LogP contribution in [0.5, 0.6) is 0 Å². The Morgan fingerprint density at radius 1 is 1.24 bits per heavy atom. The Bertz CT molecular complexity index is 1240. The second-order valence-electron chi connectivity index (χ2n) is 9.75. The van der Waals surface area contributed by atoms with Crippen LogP contribution in [0.2, 0.25) is 0 Å². The Hall–Kier alpha value is -2.59. The van der Waals surface area contributed by atoms with Crippen LogP contribution in [0.15, 0.2) is 23.7 Å². The third-order valence-electron chi connectivity index (χ3n) is 7.48. The summed E-state index contributed by atoms with van der Waals surface area (Å²) in [5.41, 5.74) is 0.662. The molecule has 1 N–H and O–H groups in total. The van der Waals surface area contributed by atoms with E-state index in [0.29, 0.717) is 35.7 Å². The predicted molar refractivity (Wildman–Crippen MR) is 127 cm³/mol. The molecule has 10 heteroatoms. The molecule has 5 heterocycles. The van der Waals surface area contributed by atoms with Gasteiger partial charge < -0.3 is 15.0 Å². The van der Waals surface area contributed by atoms with Crippen molar-refractivity contribution in [1.82, 2.24) is 14.8 Å². The van der Waals surface area contributed by atoms with Crippen molar-refractivity contribution in [3.05, 3.63) is 35.0 Å². The highest BCUT2D eigenvalue weighted by molar-refractivity contribution is 7.17. The largest absolute Gasteiger partial charge is 0.374 e. The number of amides is 1. The molecule has 7 nitrogen and oxygen atoms in total. The van der Waals surface area contributed by atoms with Crippen LogP contribution in [-0.2, 0) is 4.74 Å². The van der Waals surface area contributed by atoms with E-state index in [-0.39, 0.29) is 23.5 Å². The zero-order chi connectivity index (χ0) is 23.6. The van der Waals surface area contributed by atoms with Crippen LogP contribution in [0.4, 0.5) is 20.3 Å². The number of carbonyl (C=O) groups excluding carboxylic acids is 1. The number of alkyl halides is 2. The Kier molecular flexibility index (Phi) is 5.33. The van der Waals surface area contributed by atoms with Gasteiger partial charge in [0.1, 0.15) is 5.82 Å². The lowest BCUT2D eigenvalue weighted by Gasteiger charge is -2.26. The van der Waals surface area contributed by atoms with Gasteiger partial charge in [0.2, 0.25) is 0 Å². The van der Waals surface area contributed by atoms with Crippen LogP contribution in [0.3, 0.4) is 0 Å². The number of ether oxygens (including phenoxy) is 1. The zero-order valence-electron chi connectivity index (χ0n) is 19.1. The maximum atomic E-state index is 13.8. The highest BCUT2D eigenvalue weighted by atomic mass is 32.1. The fourth-order valence-electron chi connectivity index (χ4n) is 5.44. The van der Waals surface area contributed by atoms with Crippen molar-refractivity contribution < 1.29 is 18.3 Å². The van der Waals surface area contributed by atoms with E-state index in [9.17, 15) is 13.6 Å². The number of carbonyl (C=O) groups is 1. The number of pyridine rings is 1. The molecular weight excluding hydrogens is 460 g/mol. The number of halogens is 2. The van der Waals surface area contributed by atoms with Crippen molar-refractivity contribution in [1.29, 1.82) is 0 Å². The van der Waals surface area contributed by atoms with Gasteiger partial charge in [-0.3, -0.25) is 9.48 Å². The topological polar surface area (TPSA) is 72.1 Å². The zero-order valence-corrected chi connectivity index (χ0v) is 19.9. The van der Waals surface area contributed by atoms with Gasteiger partial charge in [0.15, 0.2) is 5.69 Å². The lowest BCUT2D eigenvalue weighted by atomic mass is 9.87. The molecule has 1 amide bonds. The van der Waals surface area contributed by atoms with Crippen LogP contribution >= 0.6 is 11.3 Å². The first-order chi connectivity index (χ1) is 16.4. The number of rotatable bonds is 5. The summed E-state index contributed by atoms with van der Waals surface area (Å²) in [5, 5.41) is 8.59. The van der Waals surface area contributed by atoms with E-state index >= 15 is 0 Å². The molecule has 0 spiro atoms. The molecular formula is C24H27F2N5O2S. The van der Waals surface area contributed by atoms with Crippen molar-refractivity contribution in [2.24, 2.45) is 5.92 Å². The fraction of sp³-hybridized carbons (Fsp3) is 0.542. The number of thiophene rings is 1. The molecule has 3 aromatic heterocycles. The van der Waals surface area contributed by atoms with Crippen LogP contribution in [0.1, 0.15) is 68.0 Å². The maximum Gasteiger partial charge on any atom is 0.284 e. The summed E-state index contributed by atoms with van der Waals surface area (Å²) in [5.74, 6) is 1.02. The second kappa shape index (κ2) is 8.27. The van der Waals surface area contributed by atoms with Crippen molar-refractivity contribution in [2.75, 3.05) is 16.8 Å². The lowest BCUT2D eigenvalue weighted by molar-refractivity contribution is 0.102. The number of nitrogens with zero attached hydrogens (tertiary/aromatic N) is 4. The van der Waals surface area contributed by atoms with Crippen LogP contribution in [-0.4, -0.2) is 45.5 Å². The smallest absolute Gasteiger partial charge is 0.284 e. The molecule has 6 rings (SSSR count). The molecule has 1 aliphatic carbocycles. The summed E-state index contributed by atoms with van der Waals surface area (Å²) >= 11 is 1.42. The fourth-order valence-corrected chi connectivity index (χ4v) is 6.32. The van der Waals surface area contributed by atoms with Crippen molar-refractivity contribution in [3.63, 3.8) is 0 Å². The van der Waals surface area contributed by atoms with Gasteiger partial charge in [-0.05, 0) is 50.7 Å². The van der Waals surface area contributed by atoms with Gasteiger partial charge in [-0.25, -0.2) is 13.8 Å². The summed E-state index contributed by atoms with van der Waals surface area (Å²) < 4.78 is 35.7. The maximum absolute atomic E-state index is 13.8. The van der Waals surface area contributed by atoms with Crippen molar-refractivity contribution >= 4 is 39.0 Å². The lowest BCUT2D eigenvalue weighted by Crippen LogP contribution is -2.19. The van der Waals surface area contributed by atoms with Gasteiger partial charge >= 0.3 is 0 Å². The van der Waals surface area contributed by atoms with E-state index in [2.05, 4.69) is 29.2 Å². The van der Waals surface area contributed by atoms with Gasteiger partial charge in [0, 0.05) is 11.6 Å². The summed E-state index contributed by atoms with van der Waals surface area (Å²) in [6.07, 6.45) is 2.86. The first kappa shape index (κ1) is 21.9. The Morgan fingerprint density at radius 2 is 2.03 bits per heavy atom. The summed E-state index contributed by atoms with van der Waals surface area (Å²) in [6.45, 7) is 4.95. The molecule has 1 unspecified atom stereocenters. The minimum atomic E-state index is -2.77. The predicted octanol–water partition coefficient (Wildman–Crippen LogP) is 5.41. The second-order valence-corrected chi connectivity index (χ2v) is 10.7. The van der Waals surface area contributed by atoms with E-state index in [1.807, 2.05) is 12.1 Å². The summed E-state index contributed by atoms with van der Waals surface area (Å²) in [4.78, 5) is 20.2. The molecule has 3 atom stereocenters. The molecule has 3 aliphatic rings. The monoisotopic (exact) mass is 487 g/mol. The normalized spacial score (nSPS) is 28.5. The van der Waals surface area contributed by atoms with Gasteiger partial charge in [-0.2, -0.15) is 5.10 Å². The number of fused-ring (bicyclic) bond motifs is 2. The quantitative estimate of drug-likeness (QED) is 0.487. The molecule has 180 valence electrons. The average Bonchev–Trinajstić information content (AvgIpc) is 3.11.